The van der Waals surface area contributed by atoms with Gasteiger partial charge in [0.15, 0.2) is 0 Å². The van der Waals surface area contributed by atoms with E-state index in [9.17, 15) is 13.9 Å². The zero-order valence-electron chi connectivity index (χ0n) is 9.22. The molecule has 1 aromatic rings. The highest BCUT2D eigenvalue weighted by Crippen LogP contribution is 2.27. The maximum Gasteiger partial charge on any atom is 0.149 e. The van der Waals surface area contributed by atoms with E-state index in [0.717, 1.165) is 31.7 Å². The van der Waals surface area contributed by atoms with Crippen molar-refractivity contribution < 1.29 is 13.9 Å². The Balaban J connectivity index is 2.15. The van der Waals surface area contributed by atoms with Crippen molar-refractivity contribution in [1.82, 2.24) is 0 Å². The summed E-state index contributed by atoms with van der Waals surface area (Å²) < 4.78 is 26.8. The van der Waals surface area contributed by atoms with Crippen LogP contribution in [0.25, 0.3) is 0 Å². The first-order valence-electron chi connectivity index (χ1n) is 5.67. The molecule has 0 aliphatic heterocycles. The average molecular weight is 306 g/mol. The molecule has 94 valence electrons. The van der Waals surface area contributed by atoms with E-state index in [2.05, 4.69) is 21.2 Å². The molecule has 0 bridgehead atoms. The Morgan fingerprint density at radius 1 is 1.18 bits per heavy atom. The van der Waals surface area contributed by atoms with Crippen molar-refractivity contribution >= 4 is 21.6 Å². The van der Waals surface area contributed by atoms with E-state index in [1.165, 1.54) is 6.07 Å². The lowest BCUT2D eigenvalue weighted by molar-refractivity contribution is 0.116. The van der Waals surface area contributed by atoms with Crippen molar-refractivity contribution in [3.05, 3.63) is 28.2 Å². The van der Waals surface area contributed by atoms with E-state index in [1.807, 2.05) is 0 Å². The van der Waals surface area contributed by atoms with E-state index in [-0.39, 0.29) is 16.2 Å². The van der Waals surface area contributed by atoms with Crippen molar-refractivity contribution in [3.63, 3.8) is 0 Å². The number of hydrogen-bond donors (Lipinski definition) is 2. The minimum Gasteiger partial charge on any atom is -0.391 e. The second kappa shape index (κ2) is 5.31. The number of anilines is 1. The molecule has 2 N–H and O–H groups in total. The Morgan fingerprint density at radius 2 is 1.88 bits per heavy atom. The van der Waals surface area contributed by atoms with Crippen LogP contribution in [0.4, 0.5) is 14.5 Å². The number of rotatable bonds is 2. The zero-order chi connectivity index (χ0) is 12.4. The number of nitrogens with one attached hydrogen (secondary N) is 1. The fourth-order valence-electron chi connectivity index (χ4n) is 2.11. The van der Waals surface area contributed by atoms with Crippen LogP contribution in [0.5, 0.6) is 0 Å². The Morgan fingerprint density at radius 3 is 2.59 bits per heavy atom. The topological polar surface area (TPSA) is 32.3 Å². The van der Waals surface area contributed by atoms with E-state index in [4.69, 9.17) is 0 Å². The summed E-state index contributed by atoms with van der Waals surface area (Å²) in [6.45, 7) is 0. The Hall–Kier alpha value is -0.680. The predicted octanol–water partition coefficient (Wildman–Crippen LogP) is 3.44. The van der Waals surface area contributed by atoms with E-state index in [1.54, 1.807) is 0 Å². The molecule has 0 amide bonds. The standard InChI is InChI=1S/C12H14BrF2NO/c13-7-5-11(9(15)6-8(7)14)16-10-3-1-2-4-12(10)17/h5-6,10,12,16-17H,1-4H2/t10-,12-/m1/s1. The Labute approximate surface area is 107 Å². The summed E-state index contributed by atoms with van der Waals surface area (Å²) in [4.78, 5) is 0. The maximum absolute atomic E-state index is 13.5. The van der Waals surface area contributed by atoms with Crippen LogP contribution in [0.2, 0.25) is 0 Å². The first kappa shape index (κ1) is 12.8. The second-order valence-electron chi connectivity index (χ2n) is 4.35. The van der Waals surface area contributed by atoms with Crippen LogP contribution in [-0.2, 0) is 0 Å². The smallest absolute Gasteiger partial charge is 0.149 e. The lowest BCUT2D eigenvalue weighted by atomic mass is 9.92. The van der Waals surface area contributed by atoms with Crippen molar-refractivity contribution in [2.75, 3.05) is 5.32 Å². The SMILES string of the molecule is O[C@@H]1CCCC[C@H]1Nc1cc(Br)c(F)cc1F. The van der Waals surface area contributed by atoms with Crippen LogP contribution in [0.1, 0.15) is 25.7 Å². The highest BCUT2D eigenvalue weighted by molar-refractivity contribution is 9.10. The van der Waals surface area contributed by atoms with Crippen LogP contribution in [0.15, 0.2) is 16.6 Å². The van der Waals surface area contributed by atoms with Crippen molar-refractivity contribution in [2.24, 2.45) is 0 Å². The Kier molecular flexibility index (Phi) is 3.99. The molecular formula is C12H14BrF2NO. The van der Waals surface area contributed by atoms with Crippen molar-refractivity contribution in [3.8, 4) is 0 Å². The lowest BCUT2D eigenvalue weighted by Gasteiger charge is -2.29. The molecule has 2 atom stereocenters. The van der Waals surface area contributed by atoms with Gasteiger partial charge in [-0.3, -0.25) is 0 Å². The van der Waals surface area contributed by atoms with Crippen molar-refractivity contribution in [2.45, 2.75) is 37.8 Å². The zero-order valence-corrected chi connectivity index (χ0v) is 10.8. The van der Waals surface area contributed by atoms with Gasteiger partial charge in [-0.1, -0.05) is 12.8 Å². The number of aliphatic hydroxyl groups excluding tert-OH is 1. The maximum atomic E-state index is 13.5. The summed E-state index contributed by atoms with van der Waals surface area (Å²) in [5, 5.41) is 12.7. The third kappa shape index (κ3) is 2.96. The molecule has 0 spiro atoms. The third-order valence-electron chi connectivity index (χ3n) is 3.08. The van der Waals surface area contributed by atoms with Gasteiger partial charge < -0.3 is 10.4 Å². The predicted molar refractivity (Wildman–Crippen MR) is 65.9 cm³/mol. The summed E-state index contributed by atoms with van der Waals surface area (Å²) in [6, 6.07) is 2.05. The third-order valence-corrected chi connectivity index (χ3v) is 3.69. The molecule has 2 rings (SSSR count). The molecule has 0 unspecified atom stereocenters. The number of halogens is 3. The molecule has 1 saturated carbocycles. The van der Waals surface area contributed by atoms with Gasteiger partial charge in [-0.05, 0) is 34.8 Å². The molecule has 1 aliphatic carbocycles. The second-order valence-corrected chi connectivity index (χ2v) is 5.20. The van der Waals surface area contributed by atoms with Gasteiger partial charge >= 0.3 is 0 Å². The van der Waals surface area contributed by atoms with Crippen LogP contribution >= 0.6 is 15.9 Å². The molecular weight excluding hydrogens is 292 g/mol. The molecule has 2 nitrogen and oxygen atoms in total. The number of aliphatic hydroxyl groups is 1. The Bertz CT molecular complexity index is 414. The van der Waals surface area contributed by atoms with Gasteiger partial charge in [0.1, 0.15) is 11.6 Å². The molecule has 0 saturated heterocycles. The van der Waals surface area contributed by atoms with Gasteiger partial charge in [-0.15, -0.1) is 0 Å². The average Bonchev–Trinajstić information content (AvgIpc) is 2.29. The highest BCUT2D eigenvalue weighted by atomic mass is 79.9. The van der Waals surface area contributed by atoms with Crippen LogP contribution < -0.4 is 5.32 Å². The van der Waals surface area contributed by atoms with Gasteiger partial charge in [0, 0.05) is 6.07 Å². The fraction of sp³-hybridized carbons (Fsp3) is 0.500. The first-order chi connectivity index (χ1) is 8.08. The first-order valence-corrected chi connectivity index (χ1v) is 6.46. The summed E-state index contributed by atoms with van der Waals surface area (Å²) in [5.74, 6) is -1.26. The fourth-order valence-corrected chi connectivity index (χ4v) is 2.46. The van der Waals surface area contributed by atoms with Gasteiger partial charge in [-0.25, -0.2) is 8.78 Å². The van der Waals surface area contributed by atoms with E-state index >= 15 is 0 Å². The minimum absolute atomic E-state index is 0.157. The van der Waals surface area contributed by atoms with E-state index in [0.29, 0.717) is 0 Å². The molecule has 0 aromatic heterocycles. The highest BCUT2D eigenvalue weighted by Gasteiger charge is 2.23. The molecule has 1 fully saturated rings. The molecule has 1 aromatic carbocycles. The number of hydrogen-bond acceptors (Lipinski definition) is 2. The summed E-state index contributed by atoms with van der Waals surface area (Å²) in [5.41, 5.74) is 0.226. The quantitative estimate of drug-likeness (QED) is 0.820. The molecule has 1 aliphatic rings. The lowest BCUT2D eigenvalue weighted by Crippen LogP contribution is -2.36. The van der Waals surface area contributed by atoms with Crippen LogP contribution in [0, 0.1) is 11.6 Å². The van der Waals surface area contributed by atoms with Gasteiger partial charge in [0.05, 0.1) is 22.3 Å². The van der Waals surface area contributed by atoms with Gasteiger partial charge in [0.2, 0.25) is 0 Å². The number of benzene rings is 1. The normalized spacial score (nSPS) is 24.7. The summed E-state index contributed by atoms with van der Waals surface area (Å²) in [6.07, 6.45) is 3.07. The molecule has 0 radical (unpaired) electrons. The van der Waals surface area contributed by atoms with Crippen LogP contribution in [0.3, 0.4) is 0 Å². The molecule has 0 heterocycles. The minimum atomic E-state index is -0.636. The summed E-state index contributed by atoms with van der Waals surface area (Å²) >= 11 is 3.02. The molecule has 17 heavy (non-hydrogen) atoms. The largest absolute Gasteiger partial charge is 0.391 e. The van der Waals surface area contributed by atoms with Crippen LogP contribution in [-0.4, -0.2) is 17.3 Å². The summed E-state index contributed by atoms with van der Waals surface area (Å²) in [7, 11) is 0. The van der Waals surface area contributed by atoms with Crippen molar-refractivity contribution in [1.29, 1.82) is 0 Å². The van der Waals surface area contributed by atoms with Gasteiger partial charge in [-0.2, -0.15) is 0 Å². The monoisotopic (exact) mass is 305 g/mol. The van der Waals surface area contributed by atoms with E-state index < -0.39 is 17.7 Å². The van der Waals surface area contributed by atoms with Gasteiger partial charge in [0.25, 0.3) is 0 Å². The molecule has 5 heteroatoms.